The first kappa shape index (κ1) is 9.80. The zero-order chi connectivity index (χ0) is 10.0. The second-order valence-corrected chi connectivity index (χ2v) is 2.84. The van der Waals surface area contributed by atoms with Crippen molar-refractivity contribution in [3.8, 4) is 0 Å². The van der Waals surface area contributed by atoms with Gasteiger partial charge in [-0.15, -0.1) is 0 Å². The summed E-state index contributed by atoms with van der Waals surface area (Å²) in [6.07, 6.45) is 0. The van der Waals surface area contributed by atoms with Crippen LogP contribution in [0.4, 0.5) is 0 Å². The van der Waals surface area contributed by atoms with Crippen LogP contribution in [0, 0.1) is 13.8 Å². The zero-order valence-electron chi connectivity index (χ0n) is 8.25. The van der Waals surface area contributed by atoms with E-state index < -0.39 is 0 Å². The van der Waals surface area contributed by atoms with Gasteiger partial charge in [0, 0.05) is 7.05 Å². The molecule has 0 spiro atoms. The second-order valence-electron chi connectivity index (χ2n) is 2.84. The number of carbonyl (C=O) groups is 1. The second kappa shape index (κ2) is 3.62. The van der Waals surface area contributed by atoms with Crippen LogP contribution in [-0.4, -0.2) is 25.1 Å². The molecule has 0 unspecified atom stereocenters. The van der Waals surface area contributed by atoms with Gasteiger partial charge < -0.3 is 4.42 Å². The third-order valence-corrected chi connectivity index (χ3v) is 1.94. The predicted molar refractivity (Wildman–Crippen MR) is 47.3 cm³/mol. The number of hydrogen-bond donors (Lipinski definition) is 0. The third-order valence-electron chi connectivity index (χ3n) is 1.94. The Kier molecular flexibility index (Phi) is 2.72. The Morgan fingerprint density at radius 2 is 2.15 bits per heavy atom. The van der Waals surface area contributed by atoms with E-state index in [1.54, 1.807) is 6.07 Å². The van der Waals surface area contributed by atoms with Crippen molar-refractivity contribution >= 4 is 5.91 Å². The van der Waals surface area contributed by atoms with Crippen LogP contribution in [0.15, 0.2) is 10.5 Å². The van der Waals surface area contributed by atoms with E-state index in [2.05, 4.69) is 0 Å². The van der Waals surface area contributed by atoms with Crippen LogP contribution in [0.25, 0.3) is 0 Å². The van der Waals surface area contributed by atoms with Gasteiger partial charge in [-0.1, -0.05) is 0 Å². The highest BCUT2D eigenvalue weighted by Crippen LogP contribution is 2.14. The van der Waals surface area contributed by atoms with E-state index in [9.17, 15) is 4.79 Å². The summed E-state index contributed by atoms with van der Waals surface area (Å²) >= 11 is 0. The molecule has 0 aliphatic heterocycles. The Hall–Kier alpha value is -1.29. The van der Waals surface area contributed by atoms with Crippen LogP contribution in [0.1, 0.15) is 21.9 Å². The fourth-order valence-corrected chi connectivity index (χ4v) is 0.917. The van der Waals surface area contributed by atoms with Gasteiger partial charge in [0.2, 0.25) is 0 Å². The average molecular weight is 183 g/mol. The molecule has 4 heteroatoms. The Morgan fingerprint density at radius 1 is 1.54 bits per heavy atom. The summed E-state index contributed by atoms with van der Waals surface area (Å²) in [7, 11) is 2.97. The van der Waals surface area contributed by atoms with Gasteiger partial charge in [0.1, 0.15) is 5.76 Å². The van der Waals surface area contributed by atoms with E-state index in [1.165, 1.54) is 14.2 Å². The van der Waals surface area contributed by atoms with Crippen molar-refractivity contribution in [3.63, 3.8) is 0 Å². The van der Waals surface area contributed by atoms with E-state index in [0.717, 1.165) is 16.4 Å². The fraction of sp³-hybridized carbons (Fsp3) is 0.444. The summed E-state index contributed by atoms with van der Waals surface area (Å²) in [5.41, 5.74) is 0.966. The largest absolute Gasteiger partial charge is 0.456 e. The Morgan fingerprint density at radius 3 is 2.54 bits per heavy atom. The third kappa shape index (κ3) is 1.89. The minimum absolute atomic E-state index is 0.279. The summed E-state index contributed by atoms with van der Waals surface area (Å²) in [5, 5.41) is 1.12. The molecule has 1 aromatic heterocycles. The van der Waals surface area contributed by atoms with Crippen molar-refractivity contribution in [2.75, 3.05) is 14.2 Å². The van der Waals surface area contributed by atoms with Crippen molar-refractivity contribution in [1.82, 2.24) is 5.06 Å². The number of aryl methyl sites for hydroxylation is 2. The molecule has 1 amide bonds. The van der Waals surface area contributed by atoms with Gasteiger partial charge in [-0.25, -0.2) is 5.06 Å². The smallest absolute Gasteiger partial charge is 0.312 e. The van der Waals surface area contributed by atoms with E-state index in [1.807, 2.05) is 13.8 Å². The highest BCUT2D eigenvalue weighted by molar-refractivity contribution is 5.90. The molecule has 0 atom stereocenters. The van der Waals surface area contributed by atoms with Crippen molar-refractivity contribution < 1.29 is 14.0 Å². The molecule has 0 N–H and O–H groups in total. The molecule has 0 saturated carbocycles. The maximum Gasteiger partial charge on any atom is 0.312 e. The summed E-state index contributed by atoms with van der Waals surface area (Å²) in [6.45, 7) is 3.71. The topological polar surface area (TPSA) is 42.7 Å². The molecule has 0 saturated heterocycles. The lowest BCUT2D eigenvalue weighted by Crippen LogP contribution is -2.24. The Labute approximate surface area is 77.0 Å². The van der Waals surface area contributed by atoms with E-state index in [4.69, 9.17) is 9.25 Å². The summed E-state index contributed by atoms with van der Waals surface area (Å²) in [4.78, 5) is 16.2. The van der Waals surface area contributed by atoms with Gasteiger partial charge in [0.05, 0.1) is 7.11 Å². The van der Waals surface area contributed by atoms with E-state index >= 15 is 0 Å². The number of hydrogen-bond acceptors (Lipinski definition) is 3. The predicted octanol–water partition coefficient (Wildman–Crippen LogP) is 1.53. The zero-order valence-corrected chi connectivity index (χ0v) is 8.25. The first-order chi connectivity index (χ1) is 6.06. The Bertz CT molecular complexity index is 297. The van der Waals surface area contributed by atoms with Crippen molar-refractivity contribution in [2.24, 2.45) is 0 Å². The number of hydroxylamine groups is 2. The van der Waals surface area contributed by atoms with Gasteiger partial charge in [0.15, 0.2) is 5.76 Å². The molecular formula is C9H13NO3. The Balaban J connectivity index is 2.89. The van der Waals surface area contributed by atoms with Crippen LogP contribution in [0.2, 0.25) is 0 Å². The molecule has 1 heterocycles. The number of rotatable bonds is 2. The average Bonchev–Trinajstić information content (AvgIpc) is 2.44. The molecule has 0 aliphatic rings. The molecule has 1 rings (SSSR count). The molecule has 0 radical (unpaired) electrons. The molecule has 13 heavy (non-hydrogen) atoms. The molecule has 1 aromatic rings. The first-order valence-electron chi connectivity index (χ1n) is 3.95. The number of amides is 1. The van der Waals surface area contributed by atoms with Crippen LogP contribution < -0.4 is 0 Å². The van der Waals surface area contributed by atoms with Gasteiger partial charge >= 0.3 is 5.91 Å². The molecule has 0 aliphatic carbocycles. The lowest BCUT2D eigenvalue weighted by atomic mass is 10.3. The lowest BCUT2D eigenvalue weighted by molar-refractivity contribution is -0.0773. The normalized spacial score (nSPS) is 10.2. The summed E-state index contributed by atoms with van der Waals surface area (Å²) < 4.78 is 5.23. The summed E-state index contributed by atoms with van der Waals surface area (Å²) in [6, 6.07) is 1.70. The first-order valence-corrected chi connectivity index (χ1v) is 3.95. The summed E-state index contributed by atoms with van der Waals surface area (Å²) in [5.74, 6) is 0.783. The van der Waals surface area contributed by atoms with Gasteiger partial charge in [0.25, 0.3) is 0 Å². The van der Waals surface area contributed by atoms with Crippen molar-refractivity contribution in [2.45, 2.75) is 13.8 Å². The molecule has 0 bridgehead atoms. The van der Waals surface area contributed by atoms with Gasteiger partial charge in [-0.05, 0) is 25.5 Å². The van der Waals surface area contributed by atoms with Crippen LogP contribution >= 0.6 is 0 Å². The maximum atomic E-state index is 11.4. The highest BCUT2D eigenvalue weighted by atomic mass is 16.7. The molecule has 4 nitrogen and oxygen atoms in total. The molecule has 0 aromatic carbocycles. The van der Waals surface area contributed by atoms with Crippen molar-refractivity contribution in [3.05, 3.63) is 23.2 Å². The highest BCUT2D eigenvalue weighted by Gasteiger charge is 2.16. The molecule has 72 valence electrons. The van der Waals surface area contributed by atoms with Gasteiger partial charge in [-0.2, -0.15) is 0 Å². The minimum atomic E-state index is -0.279. The fourth-order valence-electron chi connectivity index (χ4n) is 0.917. The van der Waals surface area contributed by atoms with E-state index in [0.29, 0.717) is 5.76 Å². The van der Waals surface area contributed by atoms with Gasteiger partial charge in [-0.3, -0.25) is 9.63 Å². The standard InChI is InChI=1S/C9H13NO3/c1-6-5-8(13-7(6)2)9(11)10(3)12-4/h5H,1-4H3. The number of carbonyl (C=O) groups excluding carboxylic acids is 1. The number of nitrogens with zero attached hydrogens (tertiary/aromatic N) is 1. The van der Waals surface area contributed by atoms with Crippen LogP contribution in [-0.2, 0) is 4.84 Å². The van der Waals surface area contributed by atoms with Crippen LogP contribution in [0.5, 0.6) is 0 Å². The maximum absolute atomic E-state index is 11.4. The monoisotopic (exact) mass is 183 g/mol. The van der Waals surface area contributed by atoms with Crippen LogP contribution in [0.3, 0.4) is 0 Å². The SMILES string of the molecule is CON(C)C(=O)c1cc(C)c(C)o1. The van der Waals surface area contributed by atoms with Crippen molar-refractivity contribution in [1.29, 1.82) is 0 Å². The lowest BCUT2D eigenvalue weighted by Gasteiger charge is -2.10. The van der Waals surface area contributed by atoms with E-state index in [-0.39, 0.29) is 5.91 Å². The molecular weight excluding hydrogens is 170 g/mol. The minimum Gasteiger partial charge on any atom is -0.456 e. The quantitative estimate of drug-likeness (QED) is 0.653. The molecule has 0 fully saturated rings. The number of furan rings is 1.